The molecule has 0 unspecified atom stereocenters. The minimum absolute atomic E-state index is 0.0919. The number of carbonyl (C=O) groups excluding carboxylic acids is 1. The molecule has 1 aliphatic carbocycles. The van der Waals surface area contributed by atoms with Crippen LogP contribution in [0.2, 0.25) is 0 Å². The minimum Gasteiger partial charge on any atom is -0.469 e. The standard InChI is InChI=1S/C23H45NO4S/c1-28-23(25)20-16-11-9-7-5-3-2-4-6-8-10-12-17-21-24-29(26,27)22-18-14-13-15-19-22/h22,24H,2-21H2,1H3. The molecule has 0 saturated heterocycles. The normalized spacial score (nSPS) is 15.5. The summed E-state index contributed by atoms with van der Waals surface area (Å²) in [5.74, 6) is -0.0919. The molecule has 1 rings (SSSR count). The van der Waals surface area contributed by atoms with Crippen molar-refractivity contribution in [2.45, 2.75) is 127 Å². The highest BCUT2D eigenvalue weighted by molar-refractivity contribution is 7.90. The van der Waals surface area contributed by atoms with Gasteiger partial charge in [0.05, 0.1) is 12.4 Å². The molecule has 0 aliphatic heterocycles. The number of sulfonamides is 1. The molecular weight excluding hydrogens is 386 g/mol. The zero-order chi connectivity index (χ0) is 21.2. The van der Waals surface area contributed by atoms with E-state index in [0.717, 1.165) is 51.4 Å². The molecule has 0 bridgehead atoms. The van der Waals surface area contributed by atoms with Gasteiger partial charge in [0, 0.05) is 13.0 Å². The number of rotatable bonds is 18. The van der Waals surface area contributed by atoms with E-state index in [4.69, 9.17) is 0 Å². The van der Waals surface area contributed by atoms with Crippen molar-refractivity contribution < 1.29 is 17.9 Å². The van der Waals surface area contributed by atoms with Gasteiger partial charge in [0.2, 0.25) is 10.0 Å². The van der Waals surface area contributed by atoms with Gasteiger partial charge < -0.3 is 4.74 Å². The number of unbranched alkanes of at least 4 members (excludes halogenated alkanes) is 12. The fourth-order valence-electron chi connectivity index (χ4n) is 4.15. The lowest BCUT2D eigenvalue weighted by atomic mass is 10.0. The number of ether oxygens (including phenoxy) is 1. The first kappa shape index (κ1) is 26.4. The van der Waals surface area contributed by atoms with Gasteiger partial charge in [-0.3, -0.25) is 4.79 Å². The average Bonchev–Trinajstić information content (AvgIpc) is 2.73. The Morgan fingerprint density at radius 1 is 0.759 bits per heavy atom. The molecule has 0 aromatic rings. The van der Waals surface area contributed by atoms with Gasteiger partial charge in [-0.25, -0.2) is 13.1 Å². The van der Waals surface area contributed by atoms with Crippen LogP contribution in [0.15, 0.2) is 0 Å². The minimum atomic E-state index is -3.08. The van der Waals surface area contributed by atoms with Crippen molar-refractivity contribution in [3.8, 4) is 0 Å². The molecule has 0 heterocycles. The molecule has 172 valence electrons. The second kappa shape index (κ2) is 17.1. The van der Waals surface area contributed by atoms with E-state index >= 15 is 0 Å². The molecule has 0 radical (unpaired) electrons. The van der Waals surface area contributed by atoms with Crippen LogP contribution in [0, 0.1) is 0 Å². The second-order valence-corrected chi connectivity index (χ2v) is 10.7. The molecule has 6 heteroatoms. The maximum Gasteiger partial charge on any atom is 0.305 e. The van der Waals surface area contributed by atoms with Crippen molar-refractivity contribution in [2.24, 2.45) is 0 Å². The van der Waals surface area contributed by atoms with Gasteiger partial charge in [-0.05, 0) is 25.7 Å². The van der Waals surface area contributed by atoms with Crippen molar-refractivity contribution in [3.63, 3.8) is 0 Å². The fraction of sp³-hybridized carbons (Fsp3) is 0.957. The topological polar surface area (TPSA) is 72.5 Å². The van der Waals surface area contributed by atoms with Crippen LogP contribution in [0.4, 0.5) is 0 Å². The fourth-order valence-corrected chi connectivity index (χ4v) is 5.77. The summed E-state index contributed by atoms with van der Waals surface area (Å²) in [6, 6.07) is 0. The molecule has 0 aromatic carbocycles. The van der Waals surface area contributed by atoms with Crippen LogP contribution in [0.25, 0.3) is 0 Å². The molecule has 0 spiro atoms. The number of hydrogen-bond acceptors (Lipinski definition) is 4. The summed E-state index contributed by atoms with van der Waals surface area (Å²) >= 11 is 0. The molecule has 29 heavy (non-hydrogen) atoms. The van der Waals surface area contributed by atoms with E-state index in [0.29, 0.717) is 13.0 Å². The highest BCUT2D eigenvalue weighted by Gasteiger charge is 2.26. The number of methoxy groups -OCH3 is 1. The zero-order valence-electron chi connectivity index (χ0n) is 18.8. The van der Waals surface area contributed by atoms with Crippen molar-refractivity contribution in [2.75, 3.05) is 13.7 Å². The Morgan fingerprint density at radius 3 is 1.69 bits per heavy atom. The predicted octanol–water partition coefficient (Wildman–Crippen LogP) is 5.87. The number of nitrogens with one attached hydrogen (secondary N) is 1. The summed E-state index contributed by atoms with van der Waals surface area (Å²) in [7, 11) is -1.63. The van der Waals surface area contributed by atoms with Gasteiger partial charge in [-0.2, -0.15) is 0 Å². The molecule has 1 aliphatic rings. The summed E-state index contributed by atoms with van der Waals surface area (Å²) in [4.78, 5) is 11.0. The predicted molar refractivity (Wildman–Crippen MR) is 120 cm³/mol. The molecule has 0 aromatic heterocycles. The van der Waals surface area contributed by atoms with Gasteiger partial charge in [0.15, 0.2) is 0 Å². The maximum absolute atomic E-state index is 12.2. The third kappa shape index (κ3) is 14.1. The largest absolute Gasteiger partial charge is 0.469 e. The van der Waals surface area contributed by atoms with Crippen LogP contribution in [0.5, 0.6) is 0 Å². The summed E-state index contributed by atoms with van der Waals surface area (Å²) in [5.41, 5.74) is 0. The van der Waals surface area contributed by atoms with Crippen LogP contribution >= 0.6 is 0 Å². The molecule has 0 atom stereocenters. The first-order chi connectivity index (χ1) is 14.1. The van der Waals surface area contributed by atoms with E-state index in [9.17, 15) is 13.2 Å². The van der Waals surface area contributed by atoms with Gasteiger partial charge in [-0.1, -0.05) is 89.9 Å². The lowest BCUT2D eigenvalue weighted by Crippen LogP contribution is -2.36. The van der Waals surface area contributed by atoms with Crippen molar-refractivity contribution in [1.29, 1.82) is 0 Å². The van der Waals surface area contributed by atoms with Crippen molar-refractivity contribution in [1.82, 2.24) is 4.72 Å². The van der Waals surface area contributed by atoms with Crippen LogP contribution in [-0.2, 0) is 19.6 Å². The van der Waals surface area contributed by atoms with Gasteiger partial charge in [0.1, 0.15) is 0 Å². The first-order valence-corrected chi connectivity index (χ1v) is 13.7. The SMILES string of the molecule is COC(=O)CCCCCCCCCCCCCCCNS(=O)(=O)C1CCCCC1. The smallest absolute Gasteiger partial charge is 0.305 e. The Hall–Kier alpha value is -0.620. The summed E-state index contributed by atoms with van der Waals surface area (Å²) in [6.45, 7) is 0.610. The van der Waals surface area contributed by atoms with E-state index in [1.807, 2.05) is 0 Å². The van der Waals surface area contributed by atoms with Crippen LogP contribution < -0.4 is 4.72 Å². The Kier molecular flexibility index (Phi) is 15.6. The third-order valence-corrected chi connectivity index (χ3v) is 8.04. The molecule has 1 saturated carbocycles. The number of carbonyl (C=O) groups is 1. The zero-order valence-corrected chi connectivity index (χ0v) is 19.6. The second-order valence-electron chi connectivity index (χ2n) is 8.62. The highest BCUT2D eigenvalue weighted by atomic mass is 32.2. The Bertz CT molecular complexity index is 501. The van der Waals surface area contributed by atoms with Crippen molar-refractivity contribution >= 4 is 16.0 Å². The third-order valence-electron chi connectivity index (χ3n) is 6.08. The molecule has 1 N–H and O–H groups in total. The van der Waals surface area contributed by atoms with E-state index in [1.54, 1.807) is 0 Å². The van der Waals surface area contributed by atoms with E-state index in [1.165, 1.54) is 71.3 Å². The number of esters is 1. The quantitative estimate of drug-likeness (QED) is 0.217. The molecule has 5 nitrogen and oxygen atoms in total. The highest BCUT2D eigenvalue weighted by Crippen LogP contribution is 2.23. The van der Waals surface area contributed by atoms with Gasteiger partial charge >= 0.3 is 5.97 Å². The summed E-state index contributed by atoms with van der Waals surface area (Å²) in [6.07, 6.45) is 21.2. The Morgan fingerprint density at radius 2 is 1.21 bits per heavy atom. The van der Waals surface area contributed by atoms with Crippen LogP contribution in [0.1, 0.15) is 122 Å². The van der Waals surface area contributed by atoms with E-state index in [2.05, 4.69) is 9.46 Å². The Labute approximate surface area is 179 Å². The summed E-state index contributed by atoms with van der Waals surface area (Å²) < 4.78 is 31.9. The molecule has 0 amide bonds. The lowest BCUT2D eigenvalue weighted by Gasteiger charge is -2.21. The van der Waals surface area contributed by atoms with Crippen LogP contribution in [0.3, 0.4) is 0 Å². The van der Waals surface area contributed by atoms with Gasteiger partial charge in [-0.15, -0.1) is 0 Å². The average molecular weight is 432 g/mol. The number of hydrogen-bond donors (Lipinski definition) is 1. The maximum atomic E-state index is 12.2. The monoisotopic (exact) mass is 431 g/mol. The van der Waals surface area contributed by atoms with Crippen molar-refractivity contribution in [3.05, 3.63) is 0 Å². The Balaban J connectivity index is 1.79. The van der Waals surface area contributed by atoms with E-state index in [-0.39, 0.29) is 11.2 Å². The van der Waals surface area contributed by atoms with Gasteiger partial charge in [0.25, 0.3) is 0 Å². The lowest BCUT2D eigenvalue weighted by molar-refractivity contribution is -0.140. The van der Waals surface area contributed by atoms with Crippen LogP contribution in [-0.4, -0.2) is 33.3 Å². The molecule has 1 fully saturated rings. The first-order valence-electron chi connectivity index (χ1n) is 12.1. The molecular formula is C23H45NO4S. The van der Waals surface area contributed by atoms with E-state index < -0.39 is 10.0 Å². The summed E-state index contributed by atoms with van der Waals surface area (Å²) in [5, 5.41) is -0.142.